The monoisotopic (exact) mass is 203 g/mol. The van der Waals surface area contributed by atoms with Crippen LogP contribution in [0.25, 0.3) is 0 Å². The smallest absolute Gasteiger partial charge is 0.139 e. The van der Waals surface area contributed by atoms with Gasteiger partial charge in [0.05, 0.1) is 5.69 Å². The average Bonchev–Trinajstić information content (AvgIpc) is 2.26. The van der Waals surface area contributed by atoms with Crippen molar-refractivity contribution in [2.75, 3.05) is 11.4 Å². The number of hydrogen-bond donors (Lipinski definition) is 1. The number of para-hydroxylation sites is 1. The van der Waals surface area contributed by atoms with Crippen molar-refractivity contribution >= 4 is 5.69 Å². The number of unbranched alkanes of at least 4 members (excludes halogenated alkanes) is 1. The largest absolute Gasteiger partial charge is 0.506 e. The predicted molar refractivity (Wildman–Crippen MR) is 63.2 cm³/mol. The molecule has 1 heterocycles. The predicted octanol–water partition coefficient (Wildman–Crippen LogP) is 3.07. The van der Waals surface area contributed by atoms with E-state index in [0.29, 0.717) is 5.75 Å². The molecule has 0 aliphatic carbocycles. The molecular weight excluding hydrogens is 186 g/mol. The number of rotatable bonds is 3. The van der Waals surface area contributed by atoms with Crippen LogP contribution in [0.15, 0.2) is 30.5 Å². The Morgan fingerprint density at radius 3 is 3.07 bits per heavy atom. The van der Waals surface area contributed by atoms with Gasteiger partial charge in [0.25, 0.3) is 0 Å². The minimum Gasteiger partial charge on any atom is -0.506 e. The highest BCUT2D eigenvalue weighted by Gasteiger charge is 2.15. The van der Waals surface area contributed by atoms with Gasteiger partial charge in [-0.3, -0.25) is 0 Å². The van der Waals surface area contributed by atoms with E-state index in [1.807, 2.05) is 6.07 Å². The van der Waals surface area contributed by atoms with Crippen LogP contribution in [0.2, 0.25) is 0 Å². The molecule has 80 valence electrons. The highest BCUT2D eigenvalue weighted by Crippen LogP contribution is 2.34. The maximum Gasteiger partial charge on any atom is 0.139 e. The first-order valence-corrected chi connectivity index (χ1v) is 5.57. The standard InChI is InChI=1S/C13H17NO/c1-2-3-9-14-10-5-7-11-6-4-8-12(15)13(11)14/h4-6,8,10,15H,2-3,7,9H2,1H3. The molecule has 0 saturated heterocycles. The van der Waals surface area contributed by atoms with Crippen molar-refractivity contribution in [1.82, 2.24) is 0 Å². The Morgan fingerprint density at radius 1 is 1.40 bits per heavy atom. The lowest BCUT2D eigenvalue weighted by Gasteiger charge is -2.27. The Balaban J connectivity index is 2.28. The fourth-order valence-corrected chi connectivity index (χ4v) is 1.97. The zero-order chi connectivity index (χ0) is 10.7. The molecule has 1 aliphatic heterocycles. The maximum absolute atomic E-state index is 9.85. The average molecular weight is 203 g/mol. The van der Waals surface area contributed by atoms with Crippen molar-refractivity contribution < 1.29 is 5.11 Å². The Kier molecular flexibility index (Phi) is 2.95. The summed E-state index contributed by atoms with van der Waals surface area (Å²) >= 11 is 0. The molecule has 0 aromatic heterocycles. The number of aromatic hydroxyl groups is 1. The van der Waals surface area contributed by atoms with Gasteiger partial charge >= 0.3 is 0 Å². The van der Waals surface area contributed by atoms with Gasteiger partial charge in [-0.1, -0.05) is 31.6 Å². The van der Waals surface area contributed by atoms with Crippen LogP contribution in [0.4, 0.5) is 5.69 Å². The van der Waals surface area contributed by atoms with E-state index in [9.17, 15) is 5.11 Å². The van der Waals surface area contributed by atoms with Gasteiger partial charge < -0.3 is 10.0 Å². The molecule has 0 unspecified atom stereocenters. The van der Waals surface area contributed by atoms with Crippen LogP contribution in [0.1, 0.15) is 25.3 Å². The summed E-state index contributed by atoms with van der Waals surface area (Å²) in [5, 5.41) is 9.85. The third kappa shape index (κ3) is 1.99. The summed E-state index contributed by atoms with van der Waals surface area (Å²) in [6, 6.07) is 5.75. The first-order chi connectivity index (χ1) is 7.33. The summed E-state index contributed by atoms with van der Waals surface area (Å²) in [6.07, 6.45) is 7.48. The third-order valence-electron chi connectivity index (χ3n) is 2.76. The lowest BCUT2D eigenvalue weighted by atomic mass is 10.0. The van der Waals surface area contributed by atoms with Gasteiger partial charge in [0, 0.05) is 12.7 Å². The van der Waals surface area contributed by atoms with E-state index in [0.717, 1.165) is 25.1 Å². The van der Waals surface area contributed by atoms with Gasteiger partial charge in [0.1, 0.15) is 5.75 Å². The van der Waals surface area contributed by atoms with Crippen LogP contribution >= 0.6 is 0 Å². The molecule has 0 spiro atoms. The number of nitrogens with zero attached hydrogens (tertiary/aromatic N) is 1. The van der Waals surface area contributed by atoms with Crippen LogP contribution in [-0.2, 0) is 6.42 Å². The molecule has 0 saturated carbocycles. The van der Waals surface area contributed by atoms with Crippen LogP contribution < -0.4 is 4.90 Å². The van der Waals surface area contributed by atoms with Gasteiger partial charge in [-0.2, -0.15) is 0 Å². The van der Waals surface area contributed by atoms with Crippen molar-refractivity contribution in [1.29, 1.82) is 0 Å². The number of phenolic OH excluding ortho intramolecular Hbond substituents is 1. The number of fused-ring (bicyclic) bond motifs is 1. The summed E-state index contributed by atoms with van der Waals surface area (Å²) in [5.41, 5.74) is 2.21. The molecule has 0 atom stereocenters. The zero-order valence-corrected chi connectivity index (χ0v) is 9.11. The first kappa shape index (κ1) is 10.1. The number of allylic oxidation sites excluding steroid dienone is 1. The van der Waals surface area contributed by atoms with Gasteiger partial charge in [-0.15, -0.1) is 0 Å². The van der Waals surface area contributed by atoms with Crippen LogP contribution in [0, 0.1) is 0 Å². The summed E-state index contributed by atoms with van der Waals surface area (Å²) in [6.45, 7) is 3.16. The zero-order valence-electron chi connectivity index (χ0n) is 9.11. The van der Waals surface area contributed by atoms with E-state index < -0.39 is 0 Å². The van der Waals surface area contributed by atoms with Crippen molar-refractivity contribution in [3.63, 3.8) is 0 Å². The van der Waals surface area contributed by atoms with Gasteiger partial charge in [0.15, 0.2) is 0 Å². The van der Waals surface area contributed by atoms with E-state index in [4.69, 9.17) is 0 Å². The van der Waals surface area contributed by atoms with Gasteiger partial charge in [0.2, 0.25) is 0 Å². The number of hydrogen-bond acceptors (Lipinski definition) is 2. The molecule has 0 amide bonds. The molecule has 2 rings (SSSR count). The molecule has 0 radical (unpaired) electrons. The Hall–Kier alpha value is -1.44. The molecule has 2 heteroatoms. The number of phenols is 1. The molecule has 2 nitrogen and oxygen atoms in total. The molecule has 1 aromatic rings. The second kappa shape index (κ2) is 4.39. The van der Waals surface area contributed by atoms with Gasteiger partial charge in [-0.25, -0.2) is 0 Å². The second-order valence-electron chi connectivity index (χ2n) is 3.92. The highest BCUT2D eigenvalue weighted by atomic mass is 16.3. The topological polar surface area (TPSA) is 23.5 Å². The van der Waals surface area contributed by atoms with Crippen LogP contribution in [0.5, 0.6) is 5.75 Å². The van der Waals surface area contributed by atoms with E-state index in [2.05, 4.69) is 30.2 Å². The van der Waals surface area contributed by atoms with Crippen LogP contribution in [0.3, 0.4) is 0 Å². The Bertz CT molecular complexity index is 371. The molecule has 1 aromatic carbocycles. The highest BCUT2D eigenvalue weighted by molar-refractivity contribution is 5.67. The third-order valence-corrected chi connectivity index (χ3v) is 2.76. The minimum atomic E-state index is 0.396. The molecule has 0 bridgehead atoms. The van der Waals surface area contributed by atoms with Crippen molar-refractivity contribution in [2.45, 2.75) is 26.2 Å². The van der Waals surface area contributed by atoms with E-state index in [1.54, 1.807) is 6.07 Å². The number of benzene rings is 1. The SMILES string of the molecule is CCCCN1C=CCc2cccc(O)c21. The quantitative estimate of drug-likeness (QED) is 0.816. The summed E-state index contributed by atoms with van der Waals surface area (Å²) in [5.74, 6) is 0.396. The molecular formula is C13H17NO. The second-order valence-corrected chi connectivity index (χ2v) is 3.92. The molecule has 1 aliphatic rings. The van der Waals surface area contributed by atoms with Crippen molar-refractivity contribution in [3.8, 4) is 5.75 Å². The summed E-state index contributed by atoms with van der Waals surface area (Å²) in [7, 11) is 0. The minimum absolute atomic E-state index is 0.396. The van der Waals surface area contributed by atoms with Crippen molar-refractivity contribution in [2.24, 2.45) is 0 Å². The lowest BCUT2D eigenvalue weighted by Crippen LogP contribution is -2.21. The maximum atomic E-state index is 9.85. The number of anilines is 1. The normalized spacial score (nSPS) is 14.1. The van der Waals surface area contributed by atoms with Crippen molar-refractivity contribution in [3.05, 3.63) is 36.0 Å². The molecule has 15 heavy (non-hydrogen) atoms. The van der Waals surface area contributed by atoms with E-state index >= 15 is 0 Å². The molecule has 0 fully saturated rings. The Labute approximate surface area is 90.8 Å². The van der Waals surface area contributed by atoms with E-state index in [1.165, 1.54) is 12.0 Å². The van der Waals surface area contributed by atoms with Crippen LogP contribution in [-0.4, -0.2) is 11.7 Å². The van der Waals surface area contributed by atoms with E-state index in [-0.39, 0.29) is 0 Å². The fraction of sp³-hybridized carbons (Fsp3) is 0.385. The molecule has 1 N–H and O–H groups in total. The fourth-order valence-electron chi connectivity index (χ4n) is 1.97. The first-order valence-electron chi connectivity index (χ1n) is 5.57. The summed E-state index contributed by atoms with van der Waals surface area (Å²) < 4.78 is 0. The van der Waals surface area contributed by atoms with Gasteiger partial charge in [-0.05, 0) is 24.5 Å². The summed E-state index contributed by atoms with van der Waals surface area (Å²) in [4.78, 5) is 2.15. The Morgan fingerprint density at radius 2 is 2.27 bits per heavy atom. The lowest BCUT2D eigenvalue weighted by molar-refractivity contribution is 0.474.